The monoisotopic (exact) mass is 348 g/mol. The smallest absolute Gasteiger partial charge is 0.261 e. The normalized spacial score (nSPS) is 16.4. The van der Waals surface area contributed by atoms with Crippen molar-refractivity contribution in [2.75, 3.05) is 18.0 Å². The first-order valence-corrected chi connectivity index (χ1v) is 8.45. The topological polar surface area (TPSA) is 74.8 Å². The van der Waals surface area contributed by atoms with Gasteiger partial charge in [-0.2, -0.15) is 0 Å². The number of nitrogens with zero attached hydrogens (tertiary/aromatic N) is 2. The second-order valence-electron chi connectivity index (χ2n) is 6.36. The molecular weight excluding hydrogens is 332 g/mol. The molecule has 6 nitrogen and oxygen atoms in total. The molecule has 26 heavy (non-hydrogen) atoms. The van der Waals surface area contributed by atoms with E-state index >= 15 is 0 Å². The maximum absolute atomic E-state index is 12.5. The average molecular weight is 348 g/mol. The van der Waals surface area contributed by atoms with Crippen LogP contribution in [0.15, 0.2) is 48.5 Å². The predicted octanol–water partition coefficient (Wildman–Crippen LogP) is 2.29. The van der Waals surface area contributed by atoms with Crippen molar-refractivity contribution in [2.45, 2.75) is 12.8 Å². The minimum atomic E-state index is -0.446. The summed E-state index contributed by atoms with van der Waals surface area (Å²) in [5, 5.41) is 0. The van der Waals surface area contributed by atoms with Gasteiger partial charge in [0, 0.05) is 24.2 Å². The molecule has 1 fully saturated rings. The molecule has 130 valence electrons. The third-order valence-corrected chi connectivity index (χ3v) is 4.75. The first kappa shape index (κ1) is 16.2. The van der Waals surface area contributed by atoms with E-state index < -0.39 is 11.8 Å². The van der Waals surface area contributed by atoms with Gasteiger partial charge < -0.3 is 4.90 Å². The van der Waals surface area contributed by atoms with Gasteiger partial charge in [-0.1, -0.05) is 12.1 Å². The molecule has 3 amide bonds. The average Bonchev–Trinajstić information content (AvgIpc) is 3.19. The van der Waals surface area contributed by atoms with Crippen molar-refractivity contribution in [1.29, 1.82) is 0 Å². The van der Waals surface area contributed by atoms with Gasteiger partial charge in [-0.05, 0) is 42.8 Å². The third-order valence-electron chi connectivity index (χ3n) is 4.75. The van der Waals surface area contributed by atoms with Crippen LogP contribution in [0.1, 0.15) is 43.9 Å². The summed E-state index contributed by atoms with van der Waals surface area (Å²) in [4.78, 5) is 51.7. The highest BCUT2D eigenvalue weighted by molar-refractivity contribution is 6.23. The molecule has 6 heteroatoms. The summed E-state index contributed by atoms with van der Waals surface area (Å²) in [6, 6.07) is 13.2. The van der Waals surface area contributed by atoms with Gasteiger partial charge in [-0.25, -0.2) is 0 Å². The summed E-state index contributed by atoms with van der Waals surface area (Å²) in [7, 11) is 0. The van der Waals surface area contributed by atoms with Crippen molar-refractivity contribution in [1.82, 2.24) is 4.90 Å². The minimum Gasteiger partial charge on any atom is -0.312 e. The molecule has 0 aliphatic carbocycles. The number of hydrogen-bond donors (Lipinski definition) is 0. The molecule has 0 unspecified atom stereocenters. The van der Waals surface area contributed by atoms with E-state index in [9.17, 15) is 19.2 Å². The number of carbonyl (C=O) groups is 4. The summed E-state index contributed by atoms with van der Waals surface area (Å²) in [6.45, 7) is 0.384. The van der Waals surface area contributed by atoms with Gasteiger partial charge in [-0.15, -0.1) is 0 Å². The van der Waals surface area contributed by atoms with Crippen LogP contribution in [0.5, 0.6) is 0 Å². The largest absolute Gasteiger partial charge is 0.312 e. The Kier molecular flexibility index (Phi) is 3.88. The molecule has 2 aliphatic heterocycles. The van der Waals surface area contributed by atoms with Gasteiger partial charge in [0.05, 0.1) is 17.7 Å². The van der Waals surface area contributed by atoms with Crippen LogP contribution in [0, 0.1) is 0 Å². The number of rotatable bonds is 4. The lowest BCUT2D eigenvalue weighted by Gasteiger charge is -2.16. The van der Waals surface area contributed by atoms with Crippen molar-refractivity contribution < 1.29 is 19.2 Å². The van der Waals surface area contributed by atoms with E-state index in [-0.39, 0.29) is 18.2 Å². The van der Waals surface area contributed by atoms with Gasteiger partial charge in [0.2, 0.25) is 5.91 Å². The molecule has 0 radical (unpaired) electrons. The van der Waals surface area contributed by atoms with E-state index in [4.69, 9.17) is 0 Å². The van der Waals surface area contributed by atoms with E-state index in [2.05, 4.69) is 0 Å². The first-order valence-electron chi connectivity index (χ1n) is 8.45. The molecule has 0 bridgehead atoms. The zero-order chi connectivity index (χ0) is 18.3. The van der Waals surface area contributed by atoms with E-state index in [1.54, 1.807) is 53.4 Å². The Labute approximate surface area is 150 Å². The van der Waals surface area contributed by atoms with E-state index in [0.29, 0.717) is 29.7 Å². The SMILES string of the molecule is O=C(CN1C(=O)c2ccccc2C1=O)c1ccc(N2CCCC2=O)cc1. The van der Waals surface area contributed by atoms with Crippen LogP contribution in [0.25, 0.3) is 0 Å². The summed E-state index contributed by atoms with van der Waals surface area (Å²) >= 11 is 0. The van der Waals surface area contributed by atoms with Gasteiger partial charge in [0.15, 0.2) is 5.78 Å². The second kappa shape index (κ2) is 6.22. The maximum Gasteiger partial charge on any atom is 0.261 e. The van der Waals surface area contributed by atoms with E-state index in [1.165, 1.54) is 0 Å². The number of fused-ring (bicyclic) bond motifs is 1. The maximum atomic E-state index is 12.5. The minimum absolute atomic E-state index is 0.0788. The highest BCUT2D eigenvalue weighted by Crippen LogP contribution is 2.24. The molecule has 2 aromatic rings. The van der Waals surface area contributed by atoms with Gasteiger partial charge in [0.1, 0.15) is 0 Å². The van der Waals surface area contributed by atoms with Crippen LogP contribution in [0.2, 0.25) is 0 Å². The van der Waals surface area contributed by atoms with Crippen molar-refractivity contribution in [3.8, 4) is 0 Å². The number of anilines is 1. The fourth-order valence-corrected chi connectivity index (χ4v) is 3.37. The summed E-state index contributed by atoms with van der Waals surface area (Å²) in [5.41, 5.74) is 1.81. The lowest BCUT2D eigenvalue weighted by molar-refractivity contribution is -0.117. The number of amides is 3. The zero-order valence-corrected chi connectivity index (χ0v) is 14.0. The van der Waals surface area contributed by atoms with E-state index in [0.717, 1.165) is 17.0 Å². The number of carbonyl (C=O) groups excluding carboxylic acids is 4. The van der Waals surface area contributed by atoms with Crippen LogP contribution in [-0.2, 0) is 4.79 Å². The lowest BCUT2D eigenvalue weighted by atomic mass is 10.1. The molecule has 0 atom stereocenters. The number of imide groups is 1. The standard InChI is InChI=1S/C20H16N2O4/c23-17(12-22-19(25)15-4-1-2-5-16(15)20(22)26)13-7-9-14(10-8-13)21-11-3-6-18(21)24/h1-2,4-5,7-10H,3,6,11-12H2. The molecule has 1 saturated heterocycles. The lowest BCUT2D eigenvalue weighted by Crippen LogP contribution is -2.34. The summed E-state index contributed by atoms with van der Waals surface area (Å²) in [6.07, 6.45) is 1.37. The fourth-order valence-electron chi connectivity index (χ4n) is 3.37. The highest BCUT2D eigenvalue weighted by atomic mass is 16.2. The Balaban J connectivity index is 1.50. The molecule has 2 aliphatic rings. The molecule has 2 heterocycles. The third kappa shape index (κ3) is 2.60. The van der Waals surface area contributed by atoms with Crippen molar-refractivity contribution in [3.05, 3.63) is 65.2 Å². The van der Waals surface area contributed by atoms with E-state index in [1.807, 2.05) is 0 Å². The Morgan fingerprint density at radius 2 is 1.50 bits per heavy atom. The Morgan fingerprint density at radius 1 is 0.885 bits per heavy atom. The van der Waals surface area contributed by atoms with Crippen molar-refractivity contribution in [2.24, 2.45) is 0 Å². The Bertz CT molecular complexity index is 898. The van der Waals surface area contributed by atoms with Crippen molar-refractivity contribution in [3.63, 3.8) is 0 Å². The molecule has 4 rings (SSSR count). The zero-order valence-electron chi connectivity index (χ0n) is 14.0. The number of Topliss-reactive ketones (excluding diaryl/α,β-unsaturated/α-hetero) is 1. The fraction of sp³-hybridized carbons (Fsp3) is 0.200. The van der Waals surface area contributed by atoms with Crippen LogP contribution in [0.3, 0.4) is 0 Å². The summed E-state index contributed by atoms with van der Waals surface area (Å²) < 4.78 is 0. The first-order chi connectivity index (χ1) is 12.6. The quantitative estimate of drug-likeness (QED) is 0.628. The van der Waals surface area contributed by atoms with Crippen LogP contribution in [-0.4, -0.2) is 41.5 Å². The number of hydrogen-bond acceptors (Lipinski definition) is 4. The molecule has 0 N–H and O–H groups in total. The number of ketones is 1. The van der Waals surface area contributed by atoms with Crippen LogP contribution < -0.4 is 4.90 Å². The molecule has 0 aromatic heterocycles. The van der Waals surface area contributed by atoms with Crippen molar-refractivity contribution >= 4 is 29.2 Å². The highest BCUT2D eigenvalue weighted by Gasteiger charge is 2.36. The van der Waals surface area contributed by atoms with Crippen LogP contribution >= 0.6 is 0 Å². The molecule has 0 spiro atoms. The molecular formula is C20H16N2O4. The number of benzene rings is 2. The van der Waals surface area contributed by atoms with Crippen LogP contribution in [0.4, 0.5) is 5.69 Å². The Hall–Kier alpha value is -3.28. The predicted molar refractivity (Wildman–Crippen MR) is 94.2 cm³/mol. The van der Waals surface area contributed by atoms with Gasteiger partial charge in [-0.3, -0.25) is 24.1 Å². The second-order valence-corrected chi connectivity index (χ2v) is 6.36. The molecule has 0 saturated carbocycles. The molecule has 2 aromatic carbocycles. The Morgan fingerprint density at radius 3 is 2.04 bits per heavy atom. The van der Waals surface area contributed by atoms with Gasteiger partial charge >= 0.3 is 0 Å². The summed E-state index contributed by atoms with van der Waals surface area (Å²) in [5.74, 6) is -1.13. The van der Waals surface area contributed by atoms with Gasteiger partial charge in [0.25, 0.3) is 11.8 Å².